The molecule has 0 radical (unpaired) electrons. The minimum absolute atomic E-state index is 0.0744. The molecule has 2 aliphatic heterocycles. The first-order valence-electron chi connectivity index (χ1n) is 19.0. The van der Waals surface area contributed by atoms with Crippen LogP contribution < -0.4 is 32.3 Å². The average Bonchev–Trinajstić information content (AvgIpc) is 3.88. The Bertz CT molecular complexity index is 1820. The molecule has 3 heterocycles. The van der Waals surface area contributed by atoms with E-state index in [0.717, 1.165) is 17.9 Å². The molecule has 0 spiro atoms. The quantitative estimate of drug-likeness (QED) is 0.0422. The van der Waals surface area contributed by atoms with Crippen LogP contribution in [-0.2, 0) is 61.1 Å². The number of aromatic nitrogens is 2. The molecule has 332 valence electrons. The zero-order chi connectivity index (χ0) is 44.4. The summed E-state index contributed by atoms with van der Waals surface area (Å²) in [5, 5.41) is 13.0. The number of nitrogens with one attached hydrogen (secondary N) is 5. The monoisotopic (exact) mass is 867 g/mol. The van der Waals surface area contributed by atoms with Gasteiger partial charge in [-0.15, -0.1) is 6.58 Å². The molecule has 0 saturated carbocycles. The number of carbonyl (C=O) groups is 6. The molecule has 8 atom stereocenters. The SMILES string of the molecule is C=CCOC(=O)Nc1ccn([C@H]2C[C@H](OC(C)=O)[C@@H](COP(=O)(OCC=C)OCC(NC(=O)[C@@H](NC(=O)[C@@H]3CCCN3)C(C)C)C(=O)N[C@@H](C)C(=O)OCC=C)O2)c(=O)n1. The highest BCUT2D eigenvalue weighted by molar-refractivity contribution is 7.48. The molecule has 2 saturated heterocycles. The Hall–Kier alpha value is -5.25. The van der Waals surface area contributed by atoms with Gasteiger partial charge in [-0.1, -0.05) is 45.2 Å². The summed E-state index contributed by atoms with van der Waals surface area (Å²) >= 11 is 0. The Morgan fingerprint density at radius 3 is 2.30 bits per heavy atom. The van der Waals surface area contributed by atoms with Crippen molar-refractivity contribution in [1.29, 1.82) is 0 Å². The molecular weight excluding hydrogens is 813 g/mol. The number of hydrogen-bond donors (Lipinski definition) is 5. The number of esters is 2. The second-order valence-corrected chi connectivity index (χ2v) is 15.4. The first-order chi connectivity index (χ1) is 28.5. The fourth-order valence-electron chi connectivity index (χ4n) is 5.70. The number of rotatable bonds is 24. The van der Waals surface area contributed by atoms with E-state index in [9.17, 15) is 38.1 Å². The summed E-state index contributed by atoms with van der Waals surface area (Å²) in [7, 11) is -4.71. The van der Waals surface area contributed by atoms with Crippen molar-refractivity contribution in [2.24, 2.45) is 5.92 Å². The smallest absolute Gasteiger partial charge is 0.460 e. The van der Waals surface area contributed by atoms with Crippen molar-refractivity contribution in [3.05, 3.63) is 60.7 Å². The summed E-state index contributed by atoms with van der Waals surface area (Å²) in [6, 6.07) is -3.19. The van der Waals surface area contributed by atoms with Crippen molar-refractivity contribution < 1.29 is 65.9 Å². The van der Waals surface area contributed by atoms with E-state index in [1.54, 1.807) is 13.8 Å². The molecule has 2 fully saturated rings. The highest BCUT2D eigenvalue weighted by Crippen LogP contribution is 2.50. The number of amides is 4. The van der Waals surface area contributed by atoms with Gasteiger partial charge in [0.1, 0.15) is 55.6 Å². The molecule has 23 heteroatoms. The summed E-state index contributed by atoms with van der Waals surface area (Å²) in [4.78, 5) is 93.3. The van der Waals surface area contributed by atoms with Crippen molar-refractivity contribution in [2.75, 3.05) is 44.9 Å². The lowest BCUT2D eigenvalue weighted by atomic mass is 10.0. The minimum atomic E-state index is -4.71. The Morgan fingerprint density at radius 1 is 0.983 bits per heavy atom. The third-order valence-corrected chi connectivity index (χ3v) is 10.1. The van der Waals surface area contributed by atoms with Gasteiger partial charge in [0.25, 0.3) is 0 Å². The van der Waals surface area contributed by atoms with Gasteiger partial charge in [0, 0.05) is 19.5 Å². The number of hydrogen-bond acceptors (Lipinski definition) is 17. The van der Waals surface area contributed by atoms with E-state index in [1.807, 2.05) is 0 Å². The van der Waals surface area contributed by atoms with E-state index in [4.69, 9.17) is 32.5 Å². The van der Waals surface area contributed by atoms with Gasteiger partial charge in [0.15, 0.2) is 0 Å². The van der Waals surface area contributed by atoms with E-state index in [0.29, 0.717) is 13.0 Å². The lowest BCUT2D eigenvalue weighted by Crippen LogP contribution is -2.59. The van der Waals surface area contributed by atoms with Gasteiger partial charge in [-0.3, -0.25) is 42.6 Å². The molecular formula is C37H54N7O15P. The van der Waals surface area contributed by atoms with Crippen LogP contribution in [0.2, 0.25) is 0 Å². The first-order valence-corrected chi connectivity index (χ1v) is 20.5. The van der Waals surface area contributed by atoms with E-state index in [2.05, 4.69) is 51.3 Å². The highest BCUT2D eigenvalue weighted by atomic mass is 31.2. The first kappa shape index (κ1) is 49.1. The molecule has 0 bridgehead atoms. The van der Waals surface area contributed by atoms with Gasteiger partial charge >= 0.3 is 31.5 Å². The summed E-state index contributed by atoms with van der Waals surface area (Å²) in [5.41, 5.74) is -0.850. The normalized spacial score (nSPS) is 20.9. The van der Waals surface area contributed by atoms with Crippen LogP contribution in [0.5, 0.6) is 0 Å². The van der Waals surface area contributed by atoms with Crippen LogP contribution in [0.1, 0.15) is 53.2 Å². The Balaban J connectivity index is 1.81. The number of ether oxygens (including phenoxy) is 4. The largest absolute Gasteiger partial charge is 0.475 e. The van der Waals surface area contributed by atoms with Gasteiger partial charge < -0.3 is 40.2 Å². The van der Waals surface area contributed by atoms with Crippen LogP contribution in [0.4, 0.5) is 10.6 Å². The molecule has 0 aromatic carbocycles. The van der Waals surface area contributed by atoms with Gasteiger partial charge in [-0.05, 0) is 38.3 Å². The van der Waals surface area contributed by atoms with Crippen LogP contribution in [0.25, 0.3) is 0 Å². The second-order valence-electron chi connectivity index (χ2n) is 13.7. The van der Waals surface area contributed by atoms with Crippen molar-refractivity contribution in [3.63, 3.8) is 0 Å². The predicted molar refractivity (Wildman–Crippen MR) is 212 cm³/mol. The number of carbonyl (C=O) groups excluding carboxylic acids is 6. The molecule has 60 heavy (non-hydrogen) atoms. The fourth-order valence-corrected chi connectivity index (χ4v) is 6.87. The zero-order valence-corrected chi connectivity index (χ0v) is 34.9. The molecule has 5 N–H and O–H groups in total. The molecule has 2 aliphatic rings. The molecule has 2 unspecified atom stereocenters. The summed E-state index contributed by atoms with van der Waals surface area (Å²) < 4.78 is 52.9. The predicted octanol–water partition coefficient (Wildman–Crippen LogP) is 1.15. The molecule has 22 nitrogen and oxygen atoms in total. The maximum atomic E-state index is 14.1. The summed E-state index contributed by atoms with van der Waals surface area (Å²) in [6.07, 6.45) is 2.27. The summed E-state index contributed by atoms with van der Waals surface area (Å²) in [6.45, 7) is 14.9. The highest BCUT2D eigenvalue weighted by Gasteiger charge is 2.42. The van der Waals surface area contributed by atoms with E-state index in [-0.39, 0.29) is 32.1 Å². The second kappa shape index (κ2) is 24.1. The van der Waals surface area contributed by atoms with Crippen LogP contribution in [0, 0.1) is 5.92 Å². The lowest BCUT2D eigenvalue weighted by molar-refractivity contribution is -0.150. The van der Waals surface area contributed by atoms with Crippen LogP contribution in [-0.4, -0.2) is 121 Å². The third-order valence-electron chi connectivity index (χ3n) is 8.66. The number of phosphoric acid groups is 1. The van der Waals surface area contributed by atoms with E-state index < -0.39 is 111 Å². The number of anilines is 1. The van der Waals surface area contributed by atoms with Crippen LogP contribution in [0.15, 0.2) is 55.0 Å². The molecule has 1 aromatic rings. The standard InChI is InChI=1S/C37H54N7O15P/c1-8-16-53-35(49)23(6)39-33(47)26(40-34(48)31(22(4)5)43-32(46)25-12-11-14-38-25)20-56-60(52,55-18-10-3)57-21-28-27(58-24(7)45)19-30(59-28)44-15-13-29(41-36(44)50)42-37(51)54-17-9-2/h8-10,13,15,22-23,25-28,30-31,38H,1-3,11-12,14,16-21H2,4-7H3,(H,39,47)(H,40,48)(H,43,46)(H,41,42,50,51)/t23-,25-,26?,27-,28+,30+,31-,60?/m0/s1. The van der Waals surface area contributed by atoms with E-state index >= 15 is 0 Å². The summed E-state index contributed by atoms with van der Waals surface area (Å²) in [5.74, 6) is -4.25. The van der Waals surface area contributed by atoms with Gasteiger partial charge in [0.2, 0.25) is 17.7 Å². The van der Waals surface area contributed by atoms with Crippen LogP contribution >= 0.6 is 7.82 Å². The maximum absolute atomic E-state index is 14.1. The van der Waals surface area contributed by atoms with Crippen molar-refractivity contribution in [1.82, 2.24) is 30.8 Å². The number of phosphoric ester groups is 1. The topological polar surface area (TPSA) is 279 Å². The van der Waals surface area contributed by atoms with Crippen molar-refractivity contribution in [2.45, 2.75) is 89.6 Å². The van der Waals surface area contributed by atoms with Crippen LogP contribution in [0.3, 0.4) is 0 Å². The lowest BCUT2D eigenvalue weighted by Gasteiger charge is -2.27. The number of nitrogens with zero attached hydrogens (tertiary/aromatic N) is 2. The Morgan fingerprint density at radius 2 is 1.68 bits per heavy atom. The Kier molecular flexibility index (Phi) is 19.7. The maximum Gasteiger partial charge on any atom is 0.475 e. The third kappa shape index (κ3) is 15.4. The van der Waals surface area contributed by atoms with E-state index in [1.165, 1.54) is 37.4 Å². The van der Waals surface area contributed by atoms with Gasteiger partial charge in [0.05, 0.1) is 25.9 Å². The van der Waals surface area contributed by atoms with Crippen molar-refractivity contribution in [3.8, 4) is 0 Å². The molecule has 0 aliphatic carbocycles. The zero-order valence-electron chi connectivity index (χ0n) is 34.0. The van der Waals surface area contributed by atoms with Crippen molar-refractivity contribution >= 4 is 49.4 Å². The minimum Gasteiger partial charge on any atom is -0.460 e. The average molecular weight is 868 g/mol. The molecule has 3 rings (SSSR count). The van der Waals surface area contributed by atoms with Gasteiger partial charge in [-0.2, -0.15) is 4.98 Å². The molecule has 1 aromatic heterocycles. The fraction of sp³-hybridized carbons (Fsp3) is 0.568. The molecule has 4 amide bonds. The Labute approximate surface area is 346 Å². The van der Waals surface area contributed by atoms with Gasteiger partial charge in [-0.25, -0.2) is 18.9 Å².